The summed E-state index contributed by atoms with van der Waals surface area (Å²) in [4.78, 5) is 12.4. The molecule has 1 aliphatic heterocycles. The zero-order chi connectivity index (χ0) is 17.0. The number of hydrogen-bond donors (Lipinski definition) is 1. The third-order valence-corrected chi connectivity index (χ3v) is 3.61. The molecule has 0 unspecified atom stereocenters. The molecule has 0 bridgehead atoms. The van der Waals surface area contributed by atoms with Gasteiger partial charge in [0.15, 0.2) is 0 Å². The molecule has 1 atom stereocenters. The molecule has 0 saturated carbocycles. The van der Waals surface area contributed by atoms with E-state index in [-0.39, 0.29) is 23.6 Å². The molecule has 0 fully saturated rings. The largest absolute Gasteiger partial charge is 0.458 e. The zero-order valence-corrected chi connectivity index (χ0v) is 13.3. The molecular formula is C17H15ClN2O3. The Morgan fingerprint density at radius 2 is 2.17 bits per heavy atom. The second kappa shape index (κ2) is 7.03. The summed E-state index contributed by atoms with van der Waals surface area (Å²) in [6.07, 6.45) is 1.46. The van der Waals surface area contributed by atoms with E-state index in [0.29, 0.717) is 16.3 Å². The molecule has 2 N–H and O–H groups in total. The summed E-state index contributed by atoms with van der Waals surface area (Å²) in [7, 11) is 0. The molecule has 1 aromatic carbocycles. The lowest BCUT2D eigenvalue weighted by molar-refractivity contribution is -0.138. The molecule has 1 aliphatic rings. The molecule has 2 rings (SSSR count). The van der Waals surface area contributed by atoms with Crippen molar-refractivity contribution in [1.82, 2.24) is 0 Å². The van der Waals surface area contributed by atoms with E-state index in [1.807, 2.05) is 6.07 Å². The number of nitrogens with two attached hydrogens (primary N) is 1. The number of ether oxygens (including phenoxy) is 2. The Kier molecular flexibility index (Phi) is 5.09. The summed E-state index contributed by atoms with van der Waals surface area (Å²) in [6.45, 7) is 5.17. The number of carbonyl (C=O) groups excluding carboxylic acids is 1. The number of nitrogens with zero attached hydrogens (tertiary/aromatic N) is 1. The molecular weight excluding hydrogens is 316 g/mol. The highest BCUT2D eigenvalue weighted by Crippen LogP contribution is 2.39. The van der Waals surface area contributed by atoms with Gasteiger partial charge in [0, 0.05) is 5.02 Å². The van der Waals surface area contributed by atoms with Crippen molar-refractivity contribution in [1.29, 1.82) is 5.26 Å². The summed E-state index contributed by atoms with van der Waals surface area (Å²) in [6, 6.07) is 8.84. The van der Waals surface area contributed by atoms with Crippen LogP contribution in [0.4, 0.5) is 0 Å². The molecule has 5 nitrogen and oxygen atoms in total. The standard InChI is InChI=1S/C17H15ClN2O3/c1-3-8-22-17(21)14-10(2)23-16(20)13(9-19)15(14)11-4-6-12(18)7-5-11/h3-7,15H,1,8,20H2,2H3/t15-/m1/s1. The van der Waals surface area contributed by atoms with E-state index in [0.717, 1.165) is 0 Å². The molecule has 0 radical (unpaired) electrons. The quantitative estimate of drug-likeness (QED) is 0.677. The second-order valence-electron chi connectivity index (χ2n) is 4.83. The lowest BCUT2D eigenvalue weighted by Crippen LogP contribution is -2.25. The monoisotopic (exact) mass is 330 g/mol. The molecule has 0 aromatic heterocycles. The van der Waals surface area contributed by atoms with Crippen LogP contribution in [-0.4, -0.2) is 12.6 Å². The van der Waals surface area contributed by atoms with Crippen LogP contribution in [0.25, 0.3) is 0 Å². The van der Waals surface area contributed by atoms with Crippen LogP contribution in [0.15, 0.2) is 59.7 Å². The minimum Gasteiger partial charge on any atom is -0.458 e. The predicted octanol–water partition coefficient (Wildman–Crippen LogP) is 3.15. The van der Waals surface area contributed by atoms with Gasteiger partial charge >= 0.3 is 5.97 Å². The molecule has 0 amide bonds. The Morgan fingerprint density at radius 1 is 1.52 bits per heavy atom. The van der Waals surface area contributed by atoms with Crippen LogP contribution in [-0.2, 0) is 14.3 Å². The van der Waals surface area contributed by atoms with Gasteiger partial charge in [-0.1, -0.05) is 36.4 Å². The maximum absolute atomic E-state index is 12.4. The fraction of sp³-hybridized carbons (Fsp3) is 0.176. The molecule has 0 saturated heterocycles. The normalized spacial score (nSPS) is 17.3. The number of nitriles is 1. The van der Waals surface area contributed by atoms with Crippen LogP contribution in [0.5, 0.6) is 0 Å². The van der Waals surface area contributed by atoms with Crippen molar-refractivity contribution in [2.45, 2.75) is 12.8 Å². The van der Waals surface area contributed by atoms with Gasteiger partial charge in [0.2, 0.25) is 5.88 Å². The van der Waals surface area contributed by atoms with Gasteiger partial charge in [-0.25, -0.2) is 4.79 Å². The first-order valence-corrected chi connectivity index (χ1v) is 7.19. The Morgan fingerprint density at radius 3 is 2.74 bits per heavy atom. The van der Waals surface area contributed by atoms with Gasteiger partial charge in [-0.3, -0.25) is 0 Å². The van der Waals surface area contributed by atoms with Gasteiger partial charge in [0.25, 0.3) is 0 Å². The van der Waals surface area contributed by atoms with Crippen LogP contribution in [0.1, 0.15) is 18.4 Å². The Bertz CT molecular complexity index is 742. The third kappa shape index (κ3) is 3.38. The number of esters is 1. The van der Waals surface area contributed by atoms with Crippen molar-refractivity contribution in [3.8, 4) is 6.07 Å². The maximum Gasteiger partial charge on any atom is 0.338 e. The van der Waals surface area contributed by atoms with Crippen LogP contribution in [0, 0.1) is 11.3 Å². The van der Waals surface area contributed by atoms with Crippen molar-refractivity contribution >= 4 is 17.6 Å². The zero-order valence-electron chi connectivity index (χ0n) is 12.5. The summed E-state index contributed by atoms with van der Waals surface area (Å²) < 4.78 is 10.5. The van der Waals surface area contributed by atoms with Gasteiger partial charge < -0.3 is 15.2 Å². The minimum absolute atomic E-state index is 0.0229. The first-order chi connectivity index (χ1) is 11.0. The second-order valence-corrected chi connectivity index (χ2v) is 5.27. The van der Waals surface area contributed by atoms with Crippen LogP contribution < -0.4 is 5.73 Å². The van der Waals surface area contributed by atoms with E-state index in [1.165, 1.54) is 6.08 Å². The SMILES string of the molecule is C=CCOC(=O)C1=C(C)OC(N)=C(C#N)[C@H]1c1ccc(Cl)cc1. The van der Waals surface area contributed by atoms with Gasteiger partial charge in [-0.05, 0) is 24.6 Å². The smallest absolute Gasteiger partial charge is 0.338 e. The van der Waals surface area contributed by atoms with Crippen molar-refractivity contribution in [3.05, 3.63) is 70.3 Å². The molecule has 1 heterocycles. The summed E-state index contributed by atoms with van der Waals surface area (Å²) in [5.74, 6) is -0.966. The third-order valence-electron chi connectivity index (χ3n) is 3.36. The maximum atomic E-state index is 12.4. The van der Waals surface area contributed by atoms with E-state index in [2.05, 4.69) is 6.58 Å². The van der Waals surface area contributed by atoms with E-state index in [1.54, 1.807) is 31.2 Å². The highest BCUT2D eigenvalue weighted by atomic mass is 35.5. The van der Waals surface area contributed by atoms with Gasteiger partial charge in [-0.2, -0.15) is 5.26 Å². The first-order valence-electron chi connectivity index (χ1n) is 6.81. The molecule has 6 heteroatoms. The molecule has 0 spiro atoms. The number of benzene rings is 1. The van der Waals surface area contributed by atoms with E-state index in [9.17, 15) is 10.1 Å². The number of allylic oxidation sites excluding steroid dienone is 2. The van der Waals surface area contributed by atoms with Gasteiger partial charge in [0.1, 0.15) is 24.0 Å². The van der Waals surface area contributed by atoms with Gasteiger partial charge in [0.05, 0.1) is 11.5 Å². The highest BCUT2D eigenvalue weighted by Gasteiger charge is 2.36. The average Bonchev–Trinajstić information content (AvgIpc) is 2.52. The summed E-state index contributed by atoms with van der Waals surface area (Å²) in [5, 5.41) is 9.97. The fourth-order valence-corrected chi connectivity index (χ4v) is 2.47. The van der Waals surface area contributed by atoms with E-state index < -0.39 is 11.9 Å². The number of carbonyl (C=O) groups is 1. The van der Waals surface area contributed by atoms with Crippen molar-refractivity contribution < 1.29 is 14.3 Å². The number of halogens is 1. The lowest BCUT2D eigenvalue weighted by Gasteiger charge is -2.26. The highest BCUT2D eigenvalue weighted by molar-refractivity contribution is 6.30. The van der Waals surface area contributed by atoms with Gasteiger partial charge in [-0.15, -0.1) is 0 Å². The minimum atomic E-state index is -0.664. The average molecular weight is 331 g/mol. The van der Waals surface area contributed by atoms with Crippen LogP contribution in [0.3, 0.4) is 0 Å². The Labute approximate surface area is 139 Å². The van der Waals surface area contributed by atoms with Crippen molar-refractivity contribution in [2.24, 2.45) is 5.73 Å². The summed E-state index contributed by atoms with van der Waals surface area (Å²) >= 11 is 5.90. The Balaban J connectivity index is 2.54. The number of rotatable bonds is 4. The lowest BCUT2D eigenvalue weighted by atomic mass is 9.83. The fourth-order valence-electron chi connectivity index (χ4n) is 2.35. The van der Waals surface area contributed by atoms with Crippen molar-refractivity contribution in [3.63, 3.8) is 0 Å². The Hall–Kier alpha value is -2.71. The summed E-state index contributed by atoms with van der Waals surface area (Å²) in [5.41, 5.74) is 6.89. The van der Waals surface area contributed by atoms with Crippen LogP contribution in [0.2, 0.25) is 5.02 Å². The van der Waals surface area contributed by atoms with E-state index >= 15 is 0 Å². The number of hydrogen-bond acceptors (Lipinski definition) is 5. The molecule has 23 heavy (non-hydrogen) atoms. The molecule has 118 valence electrons. The molecule has 0 aliphatic carbocycles. The van der Waals surface area contributed by atoms with E-state index in [4.69, 9.17) is 26.8 Å². The molecule has 1 aromatic rings. The first kappa shape index (κ1) is 16.7. The predicted molar refractivity (Wildman–Crippen MR) is 86.0 cm³/mol. The van der Waals surface area contributed by atoms with Crippen LogP contribution >= 0.6 is 11.6 Å². The topological polar surface area (TPSA) is 85.3 Å². The van der Waals surface area contributed by atoms with Crippen molar-refractivity contribution in [2.75, 3.05) is 6.61 Å².